The monoisotopic (exact) mass is 350 g/mol. The number of sulfonamides is 1. The Morgan fingerprint density at radius 1 is 1.38 bits per heavy atom. The Balaban J connectivity index is 1.72. The molecule has 1 aromatic carbocycles. The highest BCUT2D eigenvalue weighted by Crippen LogP contribution is 2.27. The molecule has 1 aliphatic heterocycles. The fourth-order valence-electron chi connectivity index (χ4n) is 3.56. The van der Waals surface area contributed by atoms with E-state index in [1.165, 1.54) is 0 Å². The summed E-state index contributed by atoms with van der Waals surface area (Å²) in [5, 5.41) is 6.09. The van der Waals surface area contributed by atoms with Crippen LogP contribution in [0.3, 0.4) is 0 Å². The Morgan fingerprint density at radius 3 is 2.83 bits per heavy atom. The van der Waals surface area contributed by atoms with Crippen LogP contribution in [-0.2, 0) is 21.2 Å². The summed E-state index contributed by atoms with van der Waals surface area (Å²) in [5.41, 5.74) is 3.89. The second-order valence-corrected chi connectivity index (χ2v) is 8.38. The number of aryl methyl sites for hydroxylation is 2. The first-order valence-corrected chi connectivity index (χ1v) is 9.70. The van der Waals surface area contributed by atoms with Crippen LogP contribution in [0.1, 0.15) is 23.1 Å². The van der Waals surface area contributed by atoms with Gasteiger partial charge in [0.1, 0.15) is 5.58 Å². The number of benzene rings is 1. The van der Waals surface area contributed by atoms with E-state index in [0.29, 0.717) is 19.5 Å². The van der Waals surface area contributed by atoms with Crippen LogP contribution < -0.4 is 5.14 Å². The summed E-state index contributed by atoms with van der Waals surface area (Å²) >= 11 is 0. The Bertz CT molecular complexity index is 885. The first-order chi connectivity index (χ1) is 11.2. The summed E-state index contributed by atoms with van der Waals surface area (Å²) in [6, 6.07) is 4.04. The highest BCUT2D eigenvalue weighted by molar-refractivity contribution is 7.89. The van der Waals surface area contributed by atoms with Crippen molar-refractivity contribution in [3.05, 3.63) is 35.1 Å². The van der Waals surface area contributed by atoms with Crippen LogP contribution in [0.4, 0.5) is 0 Å². The molecule has 0 bridgehead atoms. The van der Waals surface area contributed by atoms with Gasteiger partial charge in [-0.3, -0.25) is 4.79 Å². The molecule has 1 saturated heterocycles. The summed E-state index contributed by atoms with van der Waals surface area (Å²) < 4.78 is 28.0. The number of carbonyl (C=O) groups is 1. The van der Waals surface area contributed by atoms with Gasteiger partial charge >= 0.3 is 0 Å². The zero-order valence-electron chi connectivity index (χ0n) is 13.9. The number of hydrogen-bond donors (Lipinski definition) is 1. The smallest absolute Gasteiger partial charge is 0.227 e. The van der Waals surface area contributed by atoms with Crippen LogP contribution in [0, 0.1) is 19.8 Å². The lowest BCUT2D eigenvalue weighted by atomic mass is 10.0. The molecule has 1 aliphatic rings. The zero-order valence-corrected chi connectivity index (χ0v) is 14.7. The molecule has 1 fully saturated rings. The van der Waals surface area contributed by atoms with Gasteiger partial charge in [-0.1, -0.05) is 6.07 Å². The van der Waals surface area contributed by atoms with Gasteiger partial charge in [0.25, 0.3) is 0 Å². The van der Waals surface area contributed by atoms with Gasteiger partial charge in [0.15, 0.2) is 0 Å². The number of hydrogen-bond acceptors (Lipinski definition) is 4. The molecule has 2 heterocycles. The number of amides is 1. The normalized spacial score (nSPS) is 18.5. The molecule has 130 valence electrons. The molecule has 0 saturated carbocycles. The average molecular weight is 350 g/mol. The summed E-state index contributed by atoms with van der Waals surface area (Å²) in [6.45, 7) is 5.04. The maximum atomic E-state index is 12.5. The van der Waals surface area contributed by atoms with Crippen molar-refractivity contribution in [3.8, 4) is 0 Å². The number of rotatable bonds is 4. The largest absolute Gasteiger partial charge is 0.464 e. The molecule has 0 aliphatic carbocycles. The van der Waals surface area contributed by atoms with Gasteiger partial charge in [0.2, 0.25) is 15.9 Å². The molecule has 0 unspecified atom stereocenters. The maximum Gasteiger partial charge on any atom is 0.227 e. The summed E-state index contributed by atoms with van der Waals surface area (Å²) in [4.78, 5) is 14.3. The predicted octanol–water partition coefficient (Wildman–Crippen LogP) is 1.73. The molecule has 1 aromatic heterocycles. The molecule has 0 spiro atoms. The Labute approximate surface area is 141 Å². The first-order valence-electron chi connectivity index (χ1n) is 7.98. The quantitative estimate of drug-likeness (QED) is 0.908. The molecule has 1 amide bonds. The summed E-state index contributed by atoms with van der Waals surface area (Å²) in [7, 11) is -3.50. The van der Waals surface area contributed by atoms with Crippen molar-refractivity contribution in [3.63, 3.8) is 0 Å². The van der Waals surface area contributed by atoms with E-state index in [-0.39, 0.29) is 24.0 Å². The minimum atomic E-state index is -3.50. The number of nitrogens with zero attached hydrogens (tertiary/aromatic N) is 1. The van der Waals surface area contributed by atoms with E-state index in [0.717, 1.165) is 27.7 Å². The molecular formula is C17H22N2O4S. The van der Waals surface area contributed by atoms with E-state index in [2.05, 4.69) is 6.07 Å². The van der Waals surface area contributed by atoms with E-state index in [9.17, 15) is 13.2 Å². The van der Waals surface area contributed by atoms with Gasteiger partial charge in [0.05, 0.1) is 18.4 Å². The Morgan fingerprint density at radius 2 is 2.12 bits per heavy atom. The van der Waals surface area contributed by atoms with Gasteiger partial charge in [-0.2, -0.15) is 0 Å². The lowest BCUT2D eigenvalue weighted by molar-refractivity contribution is -0.129. The number of likely N-dealkylation sites (tertiary alicyclic amines) is 1. The third-order valence-corrected chi connectivity index (χ3v) is 5.48. The van der Waals surface area contributed by atoms with Crippen molar-refractivity contribution in [1.29, 1.82) is 0 Å². The first kappa shape index (κ1) is 17.0. The number of carbonyl (C=O) groups excluding carboxylic acids is 1. The van der Waals surface area contributed by atoms with Crippen molar-refractivity contribution >= 4 is 26.9 Å². The van der Waals surface area contributed by atoms with Crippen molar-refractivity contribution in [2.24, 2.45) is 11.1 Å². The lowest BCUT2D eigenvalue weighted by Crippen LogP contribution is -2.31. The minimum absolute atomic E-state index is 0.00501. The van der Waals surface area contributed by atoms with Crippen LogP contribution in [-0.4, -0.2) is 38.1 Å². The fourth-order valence-corrected chi connectivity index (χ4v) is 4.48. The predicted molar refractivity (Wildman–Crippen MR) is 92.1 cm³/mol. The molecule has 6 nitrogen and oxygen atoms in total. The van der Waals surface area contributed by atoms with E-state index < -0.39 is 10.0 Å². The number of primary sulfonamides is 1. The SMILES string of the molecule is Cc1cc(C)c2c(CC(=O)N3CC[C@H](CS(N)(=O)=O)C3)coc2c1. The van der Waals surface area contributed by atoms with Crippen LogP contribution >= 0.6 is 0 Å². The molecule has 3 rings (SSSR count). The highest BCUT2D eigenvalue weighted by atomic mass is 32.2. The topological polar surface area (TPSA) is 93.6 Å². The third kappa shape index (κ3) is 3.62. The van der Waals surface area contributed by atoms with Gasteiger partial charge in [-0.05, 0) is 43.4 Å². The van der Waals surface area contributed by atoms with Crippen molar-refractivity contribution in [2.45, 2.75) is 26.7 Å². The van der Waals surface area contributed by atoms with E-state index >= 15 is 0 Å². The molecule has 1 atom stereocenters. The van der Waals surface area contributed by atoms with E-state index in [1.54, 1.807) is 11.2 Å². The van der Waals surface area contributed by atoms with Crippen LogP contribution in [0.15, 0.2) is 22.8 Å². The summed E-state index contributed by atoms with van der Waals surface area (Å²) in [5.74, 6) is -0.145. The molecule has 7 heteroatoms. The van der Waals surface area contributed by atoms with Gasteiger partial charge in [-0.15, -0.1) is 0 Å². The van der Waals surface area contributed by atoms with E-state index in [4.69, 9.17) is 9.56 Å². The Kier molecular flexibility index (Phi) is 4.40. The number of nitrogens with two attached hydrogens (primary N) is 1. The van der Waals surface area contributed by atoms with Gasteiger partial charge < -0.3 is 9.32 Å². The van der Waals surface area contributed by atoms with E-state index in [1.807, 2.05) is 19.9 Å². The van der Waals surface area contributed by atoms with Crippen LogP contribution in [0.2, 0.25) is 0 Å². The number of fused-ring (bicyclic) bond motifs is 1. The molecular weight excluding hydrogens is 328 g/mol. The van der Waals surface area contributed by atoms with Crippen molar-refractivity contribution < 1.29 is 17.6 Å². The molecule has 2 aromatic rings. The van der Waals surface area contributed by atoms with Crippen molar-refractivity contribution in [2.75, 3.05) is 18.8 Å². The highest BCUT2D eigenvalue weighted by Gasteiger charge is 2.29. The third-order valence-electron chi connectivity index (χ3n) is 4.54. The number of furan rings is 1. The van der Waals surface area contributed by atoms with Crippen LogP contribution in [0.25, 0.3) is 11.0 Å². The maximum absolute atomic E-state index is 12.5. The molecule has 2 N–H and O–H groups in total. The van der Waals surface area contributed by atoms with Gasteiger partial charge in [0, 0.05) is 24.0 Å². The second-order valence-electron chi connectivity index (χ2n) is 6.72. The Hall–Kier alpha value is -1.86. The fraction of sp³-hybridized carbons (Fsp3) is 0.471. The standard InChI is InChI=1S/C17H22N2O4S/c1-11-5-12(2)17-14(9-23-15(17)6-11)7-16(20)19-4-3-13(8-19)10-24(18,21)22/h5-6,9,13H,3-4,7-8,10H2,1-2H3,(H2,18,21,22)/t13-/m0/s1. The second kappa shape index (κ2) is 6.22. The zero-order chi connectivity index (χ0) is 17.5. The van der Waals surface area contributed by atoms with Crippen molar-refractivity contribution in [1.82, 2.24) is 4.90 Å². The van der Waals surface area contributed by atoms with Crippen LogP contribution in [0.5, 0.6) is 0 Å². The molecule has 0 radical (unpaired) electrons. The minimum Gasteiger partial charge on any atom is -0.464 e. The molecule has 24 heavy (non-hydrogen) atoms. The average Bonchev–Trinajstić information content (AvgIpc) is 3.04. The van der Waals surface area contributed by atoms with Gasteiger partial charge in [-0.25, -0.2) is 13.6 Å². The lowest BCUT2D eigenvalue weighted by Gasteiger charge is -2.16. The summed E-state index contributed by atoms with van der Waals surface area (Å²) in [6.07, 6.45) is 2.58.